The highest BCUT2D eigenvalue weighted by molar-refractivity contribution is 5.95. The van der Waals surface area contributed by atoms with Crippen LogP contribution in [0, 0.1) is 0 Å². The molecule has 0 saturated carbocycles. The van der Waals surface area contributed by atoms with Gasteiger partial charge in [0.05, 0.1) is 6.54 Å². The molecule has 0 aliphatic carbocycles. The molecule has 1 aromatic rings. The normalized spacial score (nSPS) is 19.6. The zero-order valence-corrected chi connectivity index (χ0v) is 11.7. The van der Waals surface area contributed by atoms with Crippen molar-refractivity contribution in [3.05, 3.63) is 18.2 Å². The summed E-state index contributed by atoms with van der Waals surface area (Å²) >= 11 is 0. The van der Waals surface area contributed by atoms with Gasteiger partial charge in [0.15, 0.2) is 0 Å². The smallest absolute Gasteiger partial charge is 0.321 e. The van der Waals surface area contributed by atoms with E-state index in [2.05, 4.69) is 25.5 Å². The van der Waals surface area contributed by atoms with E-state index in [1.54, 1.807) is 6.20 Å². The number of imide groups is 1. The number of aromatic nitrogens is 2. The van der Waals surface area contributed by atoms with Crippen LogP contribution in [0.25, 0.3) is 0 Å². The molecule has 1 aliphatic rings. The number of imidazole rings is 1. The zero-order chi connectivity index (χ0) is 14.4. The molecule has 3 amide bonds. The lowest BCUT2D eigenvalue weighted by Gasteiger charge is -2.31. The van der Waals surface area contributed by atoms with E-state index in [0.29, 0.717) is 12.5 Å². The predicted molar refractivity (Wildman–Crippen MR) is 74.2 cm³/mol. The highest BCUT2D eigenvalue weighted by Gasteiger charge is 2.24. The topological polar surface area (TPSA) is 90.1 Å². The lowest BCUT2D eigenvalue weighted by molar-refractivity contribution is -0.121. The molecule has 0 unspecified atom stereocenters. The van der Waals surface area contributed by atoms with Crippen molar-refractivity contribution in [2.24, 2.45) is 0 Å². The third-order valence-corrected chi connectivity index (χ3v) is 3.37. The van der Waals surface area contributed by atoms with Gasteiger partial charge in [0.1, 0.15) is 5.82 Å². The number of aromatic amines is 1. The second kappa shape index (κ2) is 7.04. The fourth-order valence-corrected chi connectivity index (χ4v) is 2.50. The molecule has 7 nitrogen and oxygen atoms in total. The molecule has 1 fully saturated rings. The first kappa shape index (κ1) is 14.5. The Balaban J connectivity index is 1.81. The van der Waals surface area contributed by atoms with Crippen LogP contribution in [0.5, 0.6) is 0 Å². The minimum absolute atomic E-state index is 0.244. The van der Waals surface area contributed by atoms with Gasteiger partial charge in [0.25, 0.3) is 0 Å². The fraction of sp³-hybridized carbons (Fsp3) is 0.615. The van der Waals surface area contributed by atoms with Gasteiger partial charge in [-0.2, -0.15) is 0 Å². The largest absolute Gasteiger partial charge is 0.348 e. The maximum atomic E-state index is 11.8. The highest BCUT2D eigenvalue weighted by Crippen LogP contribution is 2.23. The maximum Gasteiger partial charge on any atom is 0.321 e. The van der Waals surface area contributed by atoms with Crippen LogP contribution in [0.4, 0.5) is 4.79 Å². The van der Waals surface area contributed by atoms with Crippen molar-refractivity contribution < 1.29 is 9.59 Å². The first-order valence-electron chi connectivity index (χ1n) is 6.98. The summed E-state index contributed by atoms with van der Waals surface area (Å²) in [6, 6.07) is -0.433. The molecule has 3 N–H and O–H groups in total. The zero-order valence-electron chi connectivity index (χ0n) is 11.7. The molecule has 0 spiro atoms. The summed E-state index contributed by atoms with van der Waals surface area (Å²) in [5.41, 5.74) is 0. The molecular formula is C13H21N5O2. The Morgan fingerprint density at radius 2 is 2.40 bits per heavy atom. The van der Waals surface area contributed by atoms with Crippen molar-refractivity contribution in [2.45, 2.75) is 25.7 Å². The van der Waals surface area contributed by atoms with Crippen LogP contribution in [0.1, 0.15) is 31.5 Å². The summed E-state index contributed by atoms with van der Waals surface area (Å²) in [6.07, 6.45) is 5.66. The molecule has 0 bridgehead atoms. The van der Waals surface area contributed by atoms with Gasteiger partial charge in [0.2, 0.25) is 5.91 Å². The molecule has 1 saturated heterocycles. The second-order valence-electron chi connectivity index (χ2n) is 4.96. The molecule has 20 heavy (non-hydrogen) atoms. The number of hydrogen-bond donors (Lipinski definition) is 3. The van der Waals surface area contributed by atoms with E-state index in [-0.39, 0.29) is 12.5 Å². The van der Waals surface area contributed by atoms with E-state index in [1.165, 1.54) is 0 Å². The molecule has 1 atom stereocenters. The minimum atomic E-state index is -0.433. The van der Waals surface area contributed by atoms with Gasteiger partial charge in [-0.3, -0.25) is 15.0 Å². The predicted octanol–water partition coefficient (Wildman–Crippen LogP) is 0.435. The van der Waals surface area contributed by atoms with Crippen LogP contribution in [0.2, 0.25) is 0 Å². The van der Waals surface area contributed by atoms with Gasteiger partial charge in [-0.25, -0.2) is 9.78 Å². The van der Waals surface area contributed by atoms with E-state index >= 15 is 0 Å². The van der Waals surface area contributed by atoms with Gasteiger partial charge in [-0.05, 0) is 26.3 Å². The Bertz CT molecular complexity index is 446. The van der Waals surface area contributed by atoms with Crippen molar-refractivity contribution in [3.8, 4) is 0 Å². The maximum absolute atomic E-state index is 11.8. The number of nitrogens with zero attached hydrogens (tertiary/aromatic N) is 2. The van der Waals surface area contributed by atoms with E-state index in [1.807, 2.05) is 13.1 Å². The standard InChI is InChI=1S/C13H21N5O2/c1-2-14-13(20)17-11(19)9-18-7-3-4-10(8-18)12-15-5-6-16-12/h5-6,10H,2-4,7-9H2,1H3,(H,15,16)(H2,14,17,19,20)/t10-/m0/s1. The summed E-state index contributed by atoms with van der Waals surface area (Å²) in [6.45, 7) is 4.22. The van der Waals surface area contributed by atoms with Crippen molar-refractivity contribution in [1.82, 2.24) is 25.5 Å². The summed E-state index contributed by atoms with van der Waals surface area (Å²) in [5, 5.41) is 4.86. The monoisotopic (exact) mass is 279 g/mol. The first-order valence-corrected chi connectivity index (χ1v) is 6.98. The number of nitrogens with one attached hydrogen (secondary N) is 3. The molecule has 7 heteroatoms. The number of carbonyl (C=O) groups excluding carboxylic acids is 2. The summed E-state index contributed by atoms with van der Waals surface area (Å²) < 4.78 is 0. The van der Waals surface area contributed by atoms with Gasteiger partial charge < -0.3 is 10.3 Å². The number of hydrogen-bond acceptors (Lipinski definition) is 4. The highest BCUT2D eigenvalue weighted by atomic mass is 16.2. The van der Waals surface area contributed by atoms with Crippen LogP contribution in [-0.4, -0.2) is 53.0 Å². The van der Waals surface area contributed by atoms with E-state index < -0.39 is 6.03 Å². The van der Waals surface area contributed by atoms with Crippen molar-refractivity contribution in [1.29, 1.82) is 0 Å². The van der Waals surface area contributed by atoms with Gasteiger partial charge in [-0.1, -0.05) is 0 Å². The van der Waals surface area contributed by atoms with E-state index in [4.69, 9.17) is 0 Å². The SMILES string of the molecule is CCNC(=O)NC(=O)CN1CCC[C@H](c2ncc[nH]2)C1. The summed E-state index contributed by atoms with van der Waals surface area (Å²) in [4.78, 5) is 32.5. The third kappa shape index (κ3) is 4.06. The lowest BCUT2D eigenvalue weighted by atomic mass is 9.97. The quantitative estimate of drug-likeness (QED) is 0.745. The van der Waals surface area contributed by atoms with E-state index in [9.17, 15) is 9.59 Å². The lowest BCUT2D eigenvalue weighted by Crippen LogP contribution is -2.46. The average molecular weight is 279 g/mol. The number of urea groups is 1. The van der Waals surface area contributed by atoms with Crippen LogP contribution in [0.15, 0.2) is 12.4 Å². The molecular weight excluding hydrogens is 258 g/mol. The van der Waals surface area contributed by atoms with E-state index in [0.717, 1.165) is 31.8 Å². The molecule has 110 valence electrons. The van der Waals surface area contributed by atoms with Gasteiger partial charge >= 0.3 is 6.03 Å². The number of piperidine rings is 1. The number of amides is 3. The molecule has 2 rings (SSSR count). The van der Waals surface area contributed by atoms with Gasteiger partial charge in [0, 0.05) is 31.4 Å². The number of likely N-dealkylation sites (tertiary alicyclic amines) is 1. The first-order chi connectivity index (χ1) is 9.69. The Hall–Kier alpha value is -1.89. The number of H-pyrrole nitrogens is 1. The van der Waals surface area contributed by atoms with Crippen LogP contribution in [-0.2, 0) is 4.79 Å². The van der Waals surface area contributed by atoms with Gasteiger partial charge in [-0.15, -0.1) is 0 Å². The molecule has 2 heterocycles. The van der Waals surface area contributed by atoms with Crippen LogP contribution >= 0.6 is 0 Å². The Morgan fingerprint density at radius 1 is 1.55 bits per heavy atom. The Kier molecular flexibility index (Phi) is 5.11. The summed E-state index contributed by atoms with van der Waals surface area (Å²) in [5.74, 6) is 1.03. The van der Waals surface area contributed by atoms with Crippen LogP contribution in [0.3, 0.4) is 0 Å². The van der Waals surface area contributed by atoms with Crippen molar-refractivity contribution in [3.63, 3.8) is 0 Å². The minimum Gasteiger partial charge on any atom is -0.348 e. The molecule has 1 aliphatic heterocycles. The van der Waals surface area contributed by atoms with Crippen LogP contribution < -0.4 is 10.6 Å². The van der Waals surface area contributed by atoms with Crippen molar-refractivity contribution in [2.75, 3.05) is 26.2 Å². The Labute approximate surface area is 118 Å². The Morgan fingerprint density at radius 3 is 3.10 bits per heavy atom. The summed E-state index contributed by atoms with van der Waals surface area (Å²) in [7, 11) is 0. The van der Waals surface area contributed by atoms with Crippen molar-refractivity contribution >= 4 is 11.9 Å². The molecule has 1 aromatic heterocycles. The third-order valence-electron chi connectivity index (χ3n) is 3.37. The number of carbonyl (C=O) groups is 2. The fourth-order valence-electron chi connectivity index (χ4n) is 2.50. The molecule has 0 aromatic carbocycles. The number of rotatable bonds is 4. The second-order valence-corrected chi connectivity index (χ2v) is 4.96. The molecule has 0 radical (unpaired) electrons. The average Bonchev–Trinajstić information content (AvgIpc) is 2.92.